The SMILES string of the molecule is NC(CCSSCCC(NC(=O)CSCC(=O)O)C(=O)O)C(=O)O. The molecule has 0 bridgehead atoms. The van der Waals surface area contributed by atoms with Crippen LogP contribution in [0.15, 0.2) is 0 Å². The van der Waals surface area contributed by atoms with Gasteiger partial charge in [-0.25, -0.2) is 4.79 Å². The molecule has 0 fully saturated rings. The Morgan fingerprint density at radius 2 is 1.50 bits per heavy atom. The summed E-state index contributed by atoms with van der Waals surface area (Å²) in [4.78, 5) is 43.5. The van der Waals surface area contributed by atoms with Gasteiger partial charge in [0, 0.05) is 11.5 Å². The first-order valence-corrected chi connectivity index (χ1v) is 10.4. The van der Waals surface area contributed by atoms with Gasteiger partial charge in [0.2, 0.25) is 5.91 Å². The molecule has 0 aromatic rings. The molecule has 0 aromatic heterocycles. The van der Waals surface area contributed by atoms with Gasteiger partial charge in [0.15, 0.2) is 0 Å². The van der Waals surface area contributed by atoms with Crippen molar-refractivity contribution in [2.24, 2.45) is 5.73 Å². The third kappa shape index (κ3) is 12.3. The Bertz CT molecular complexity index is 450. The Labute approximate surface area is 150 Å². The molecule has 0 aliphatic rings. The van der Waals surface area contributed by atoms with Crippen LogP contribution in [0.2, 0.25) is 0 Å². The average Bonchev–Trinajstić information content (AvgIpc) is 2.48. The second kappa shape index (κ2) is 13.2. The van der Waals surface area contributed by atoms with Gasteiger partial charge in [-0.2, -0.15) is 0 Å². The van der Waals surface area contributed by atoms with Crippen molar-refractivity contribution in [3.63, 3.8) is 0 Å². The fourth-order valence-corrected chi connectivity index (χ4v) is 4.05. The molecule has 138 valence electrons. The first kappa shape index (κ1) is 22.9. The fourth-order valence-electron chi connectivity index (χ4n) is 1.31. The maximum atomic E-state index is 11.5. The lowest BCUT2D eigenvalue weighted by Gasteiger charge is -2.14. The Kier molecular flexibility index (Phi) is 12.6. The molecule has 0 spiro atoms. The van der Waals surface area contributed by atoms with Gasteiger partial charge in [0.05, 0.1) is 11.5 Å². The molecule has 24 heavy (non-hydrogen) atoms. The lowest BCUT2D eigenvalue weighted by Crippen LogP contribution is -2.42. The van der Waals surface area contributed by atoms with Crippen LogP contribution in [0.5, 0.6) is 0 Å². The molecular weight excluding hydrogens is 380 g/mol. The predicted octanol–water partition coefficient (Wildman–Crippen LogP) is -0.0529. The molecule has 0 heterocycles. The number of carbonyl (C=O) groups excluding carboxylic acids is 1. The molecule has 6 N–H and O–H groups in total. The Hall–Kier alpha value is -1.11. The normalized spacial score (nSPS) is 13.0. The maximum Gasteiger partial charge on any atom is 0.326 e. The second-order valence-electron chi connectivity index (χ2n) is 4.51. The first-order valence-electron chi connectivity index (χ1n) is 6.78. The number of hydrogen-bond donors (Lipinski definition) is 5. The largest absolute Gasteiger partial charge is 0.481 e. The molecule has 1 amide bonds. The lowest BCUT2D eigenvalue weighted by molar-refractivity contribution is -0.141. The third-order valence-corrected chi connectivity index (χ3v) is 5.88. The Balaban J connectivity index is 3.92. The van der Waals surface area contributed by atoms with E-state index in [1.54, 1.807) is 0 Å². The van der Waals surface area contributed by atoms with Crippen LogP contribution >= 0.6 is 33.3 Å². The van der Waals surface area contributed by atoms with Gasteiger partial charge in [-0.15, -0.1) is 11.8 Å². The van der Waals surface area contributed by atoms with E-state index in [-0.39, 0.29) is 17.9 Å². The van der Waals surface area contributed by atoms with E-state index in [1.807, 2.05) is 0 Å². The summed E-state index contributed by atoms with van der Waals surface area (Å²) in [5, 5.41) is 28.5. The standard InChI is InChI=1S/C12H20N2O7S3/c13-7(11(18)19)1-3-23-24-4-2-8(12(20)21)14-9(15)5-22-6-10(16)17/h7-8H,1-6,13H2,(H,14,15)(H,16,17)(H,18,19)(H,20,21). The molecule has 0 aliphatic carbocycles. The molecule has 9 nitrogen and oxygen atoms in total. The maximum absolute atomic E-state index is 11.5. The van der Waals surface area contributed by atoms with E-state index < -0.39 is 35.9 Å². The van der Waals surface area contributed by atoms with Crippen molar-refractivity contribution < 1.29 is 34.5 Å². The highest BCUT2D eigenvalue weighted by Gasteiger charge is 2.19. The number of nitrogens with two attached hydrogens (primary N) is 1. The molecule has 2 atom stereocenters. The van der Waals surface area contributed by atoms with Crippen molar-refractivity contribution in [3.05, 3.63) is 0 Å². The summed E-state index contributed by atoms with van der Waals surface area (Å²) in [6.07, 6.45) is 0.514. The number of amides is 1. The molecule has 12 heteroatoms. The third-order valence-electron chi connectivity index (χ3n) is 2.49. The summed E-state index contributed by atoms with van der Waals surface area (Å²) in [7, 11) is 2.76. The predicted molar refractivity (Wildman–Crippen MR) is 94.3 cm³/mol. The molecular formula is C12H20N2O7S3. The van der Waals surface area contributed by atoms with Crippen molar-refractivity contribution in [1.82, 2.24) is 5.32 Å². The molecule has 0 aromatic carbocycles. The quantitative estimate of drug-likeness (QED) is 0.196. The van der Waals surface area contributed by atoms with E-state index in [9.17, 15) is 19.2 Å². The van der Waals surface area contributed by atoms with Crippen LogP contribution in [0.4, 0.5) is 0 Å². The van der Waals surface area contributed by atoms with Gasteiger partial charge in [-0.05, 0) is 12.8 Å². The van der Waals surface area contributed by atoms with Crippen LogP contribution in [0.1, 0.15) is 12.8 Å². The molecule has 0 aliphatic heterocycles. The van der Waals surface area contributed by atoms with E-state index in [0.29, 0.717) is 17.9 Å². The van der Waals surface area contributed by atoms with Gasteiger partial charge in [0.25, 0.3) is 0 Å². The molecule has 0 saturated carbocycles. The van der Waals surface area contributed by atoms with Crippen molar-refractivity contribution in [2.45, 2.75) is 24.9 Å². The monoisotopic (exact) mass is 400 g/mol. The highest BCUT2D eigenvalue weighted by Crippen LogP contribution is 2.23. The fraction of sp³-hybridized carbons (Fsp3) is 0.667. The Morgan fingerprint density at radius 3 is 2.00 bits per heavy atom. The average molecular weight is 401 g/mol. The number of nitrogens with one attached hydrogen (secondary N) is 1. The summed E-state index contributed by atoms with van der Waals surface area (Å²) in [5.41, 5.74) is 5.35. The lowest BCUT2D eigenvalue weighted by atomic mass is 10.2. The highest BCUT2D eigenvalue weighted by molar-refractivity contribution is 8.76. The smallest absolute Gasteiger partial charge is 0.326 e. The van der Waals surface area contributed by atoms with E-state index in [1.165, 1.54) is 21.6 Å². The van der Waals surface area contributed by atoms with Gasteiger partial charge < -0.3 is 26.4 Å². The van der Waals surface area contributed by atoms with E-state index >= 15 is 0 Å². The minimum atomic E-state index is -1.16. The number of carboxylic acids is 3. The van der Waals surface area contributed by atoms with Crippen molar-refractivity contribution >= 4 is 57.2 Å². The van der Waals surface area contributed by atoms with Gasteiger partial charge in [-0.3, -0.25) is 14.4 Å². The van der Waals surface area contributed by atoms with Crippen LogP contribution in [-0.2, 0) is 19.2 Å². The Morgan fingerprint density at radius 1 is 0.917 bits per heavy atom. The highest BCUT2D eigenvalue weighted by atomic mass is 33.1. The van der Waals surface area contributed by atoms with Crippen LogP contribution < -0.4 is 11.1 Å². The zero-order chi connectivity index (χ0) is 18.5. The number of carboxylic acid groups (broad SMARTS) is 3. The van der Waals surface area contributed by atoms with Crippen LogP contribution in [0.3, 0.4) is 0 Å². The summed E-state index contributed by atoms with van der Waals surface area (Å²) < 4.78 is 0. The minimum Gasteiger partial charge on any atom is -0.481 e. The van der Waals surface area contributed by atoms with Crippen molar-refractivity contribution in [3.8, 4) is 0 Å². The van der Waals surface area contributed by atoms with Gasteiger partial charge in [0.1, 0.15) is 12.1 Å². The number of hydrogen-bond acceptors (Lipinski definition) is 8. The van der Waals surface area contributed by atoms with Crippen LogP contribution in [-0.4, -0.2) is 74.2 Å². The molecule has 2 unspecified atom stereocenters. The van der Waals surface area contributed by atoms with Crippen LogP contribution in [0.25, 0.3) is 0 Å². The summed E-state index contributed by atoms with van der Waals surface area (Å²) >= 11 is 0.889. The van der Waals surface area contributed by atoms with Crippen molar-refractivity contribution in [2.75, 3.05) is 23.0 Å². The topological polar surface area (TPSA) is 167 Å². The number of carbonyl (C=O) groups is 4. The molecule has 0 saturated heterocycles. The van der Waals surface area contributed by atoms with Crippen molar-refractivity contribution in [1.29, 1.82) is 0 Å². The summed E-state index contributed by atoms with van der Waals surface area (Å²) in [6.45, 7) is 0. The molecule has 0 rings (SSSR count). The zero-order valence-corrected chi connectivity index (χ0v) is 15.1. The first-order chi connectivity index (χ1) is 11.2. The zero-order valence-electron chi connectivity index (χ0n) is 12.7. The molecule has 0 radical (unpaired) electrons. The summed E-state index contributed by atoms with van der Waals surface area (Å²) in [6, 6.07) is -1.95. The van der Waals surface area contributed by atoms with E-state index in [4.69, 9.17) is 21.1 Å². The minimum absolute atomic E-state index is 0.120. The number of rotatable bonds is 14. The van der Waals surface area contributed by atoms with E-state index in [0.717, 1.165) is 11.8 Å². The van der Waals surface area contributed by atoms with Gasteiger partial charge in [-0.1, -0.05) is 21.6 Å². The summed E-state index contributed by atoms with van der Waals surface area (Å²) in [5.74, 6) is -3.17. The number of thioether (sulfide) groups is 1. The number of aliphatic carboxylic acids is 3. The second-order valence-corrected chi connectivity index (χ2v) is 8.20. The van der Waals surface area contributed by atoms with Crippen LogP contribution in [0, 0.1) is 0 Å². The van der Waals surface area contributed by atoms with Gasteiger partial charge >= 0.3 is 17.9 Å². The van der Waals surface area contributed by atoms with E-state index in [2.05, 4.69) is 5.32 Å².